The van der Waals surface area contributed by atoms with E-state index in [0.29, 0.717) is 15.6 Å². The second-order valence-electron chi connectivity index (χ2n) is 4.47. The molecule has 2 rings (SSSR count). The number of amides is 1. The van der Waals surface area contributed by atoms with Gasteiger partial charge in [0.2, 0.25) is 0 Å². The van der Waals surface area contributed by atoms with Gasteiger partial charge in [0.25, 0.3) is 5.91 Å². The third-order valence-corrected chi connectivity index (χ3v) is 3.30. The molecule has 0 saturated carbocycles. The van der Waals surface area contributed by atoms with E-state index in [4.69, 9.17) is 28.5 Å². The molecule has 6 heteroatoms. The van der Waals surface area contributed by atoms with Crippen LogP contribution in [0.3, 0.4) is 0 Å². The second kappa shape index (κ2) is 8.14. The van der Waals surface area contributed by atoms with E-state index in [1.54, 1.807) is 48.5 Å². The first-order chi connectivity index (χ1) is 11.1. The third-order valence-electron chi connectivity index (χ3n) is 2.80. The van der Waals surface area contributed by atoms with Crippen molar-refractivity contribution in [2.24, 2.45) is 5.10 Å². The molecule has 0 aliphatic carbocycles. The van der Waals surface area contributed by atoms with Gasteiger partial charge in [0, 0.05) is 10.0 Å². The summed E-state index contributed by atoms with van der Waals surface area (Å²) in [4.78, 5) is 11.9. The molecule has 0 aliphatic rings. The van der Waals surface area contributed by atoms with Crippen molar-refractivity contribution >= 4 is 41.4 Å². The molecule has 0 atom stereocenters. The molecule has 0 saturated heterocycles. The van der Waals surface area contributed by atoms with E-state index in [-0.39, 0.29) is 5.57 Å². The zero-order valence-corrected chi connectivity index (χ0v) is 13.3. The fourth-order valence-corrected chi connectivity index (χ4v) is 1.90. The number of nitrogens with one attached hydrogen (secondary N) is 1. The molecule has 0 radical (unpaired) electrons. The largest absolute Gasteiger partial charge is 0.282 e. The van der Waals surface area contributed by atoms with Crippen LogP contribution in [0.15, 0.2) is 59.2 Å². The lowest BCUT2D eigenvalue weighted by Gasteiger charge is -1.99. The maximum absolute atomic E-state index is 11.9. The van der Waals surface area contributed by atoms with Gasteiger partial charge in [-0.3, -0.25) is 4.79 Å². The Kier molecular flexibility index (Phi) is 5.93. The summed E-state index contributed by atoms with van der Waals surface area (Å²) >= 11 is 11.6. The highest BCUT2D eigenvalue weighted by molar-refractivity contribution is 6.30. The quantitative estimate of drug-likeness (QED) is 0.394. The van der Waals surface area contributed by atoms with Crippen LogP contribution < -0.4 is 5.43 Å². The highest BCUT2D eigenvalue weighted by Crippen LogP contribution is 2.12. The van der Waals surface area contributed by atoms with Crippen LogP contribution in [0.25, 0.3) is 6.08 Å². The normalized spacial score (nSPS) is 11.3. The van der Waals surface area contributed by atoms with Crippen molar-refractivity contribution in [2.75, 3.05) is 0 Å². The van der Waals surface area contributed by atoms with Gasteiger partial charge >= 0.3 is 0 Å². The van der Waals surface area contributed by atoms with Gasteiger partial charge in [0.15, 0.2) is 0 Å². The lowest BCUT2D eigenvalue weighted by Crippen LogP contribution is -2.18. The number of carbonyl (C=O) groups is 1. The van der Waals surface area contributed by atoms with Crippen LogP contribution in [-0.4, -0.2) is 12.1 Å². The molecule has 2 aromatic rings. The Labute approximate surface area is 143 Å². The number of hydrogen-bond donors (Lipinski definition) is 1. The predicted molar refractivity (Wildman–Crippen MR) is 92.2 cm³/mol. The van der Waals surface area contributed by atoms with Gasteiger partial charge in [0.1, 0.15) is 11.6 Å². The van der Waals surface area contributed by atoms with Crippen molar-refractivity contribution in [3.63, 3.8) is 0 Å². The van der Waals surface area contributed by atoms with Gasteiger partial charge in [-0.1, -0.05) is 47.5 Å². The number of hydrazone groups is 1. The highest BCUT2D eigenvalue weighted by atomic mass is 35.5. The van der Waals surface area contributed by atoms with E-state index in [9.17, 15) is 4.79 Å². The van der Waals surface area contributed by atoms with Crippen molar-refractivity contribution in [3.05, 3.63) is 75.3 Å². The van der Waals surface area contributed by atoms with Crippen LogP contribution in [0.4, 0.5) is 0 Å². The van der Waals surface area contributed by atoms with Crippen LogP contribution in [0.1, 0.15) is 11.1 Å². The Bertz CT molecular complexity index is 788. The zero-order valence-electron chi connectivity index (χ0n) is 11.8. The van der Waals surface area contributed by atoms with Gasteiger partial charge in [-0.15, -0.1) is 0 Å². The standard InChI is InChI=1S/C17H11Cl2N3O/c18-15-5-1-12(2-6-15)9-14(10-20)17(23)22-21-11-13-3-7-16(19)8-4-13/h1-9,11H,(H,22,23)/b14-9+,21-11-. The van der Waals surface area contributed by atoms with Gasteiger partial charge in [-0.25, -0.2) is 5.43 Å². The molecule has 0 unspecified atom stereocenters. The summed E-state index contributed by atoms with van der Waals surface area (Å²) in [7, 11) is 0. The topological polar surface area (TPSA) is 65.2 Å². The number of rotatable bonds is 4. The molecule has 23 heavy (non-hydrogen) atoms. The average Bonchev–Trinajstić information content (AvgIpc) is 2.56. The molecule has 1 N–H and O–H groups in total. The number of hydrogen-bond acceptors (Lipinski definition) is 3. The molecule has 2 aromatic carbocycles. The first-order valence-corrected chi connectivity index (χ1v) is 7.30. The van der Waals surface area contributed by atoms with E-state index >= 15 is 0 Å². The monoisotopic (exact) mass is 343 g/mol. The summed E-state index contributed by atoms with van der Waals surface area (Å²) in [5.74, 6) is -0.590. The maximum atomic E-state index is 11.9. The molecule has 0 heterocycles. The lowest BCUT2D eigenvalue weighted by molar-refractivity contribution is -0.117. The number of benzene rings is 2. The molecule has 1 amide bonds. The van der Waals surface area contributed by atoms with Crippen molar-refractivity contribution in [1.29, 1.82) is 5.26 Å². The Morgan fingerprint density at radius 2 is 1.52 bits per heavy atom. The molecular weight excluding hydrogens is 333 g/mol. The van der Waals surface area contributed by atoms with Crippen molar-refractivity contribution in [1.82, 2.24) is 5.43 Å². The smallest absolute Gasteiger partial charge is 0.267 e. The molecule has 4 nitrogen and oxygen atoms in total. The summed E-state index contributed by atoms with van der Waals surface area (Å²) in [6.45, 7) is 0. The Hall–Kier alpha value is -2.61. The molecular formula is C17H11Cl2N3O. The molecule has 0 aliphatic heterocycles. The highest BCUT2D eigenvalue weighted by Gasteiger charge is 2.07. The van der Waals surface area contributed by atoms with E-state index in [0.717, 1.165) is 5.56 Å². The maximum Gasteiger partial charge on any atom is 0.282 e. The molecule has 0 bridgehead atoms. The lowest BCUT2D eigenvalue weighted by atomic mass is 10.1. The minimum absolute atomic E-state index is 0.0550. The SMILES string of the molecule is N#C/C(=C\c1ccc(Cl)cc1)C(=O)N/N=C\c1ccc(Cl)cc1. The first-order valence-electron chi connectivity index (χ1n) is 6.55. The molecule has 0 fully saturated rings. The van der Waals surface area contributed by atoms with Crippen LogP contribution in [0.2, 0.25) is 10.0 Å². The van der Waals surface area contributed by atoms with Crippen molar-refractivity contribution in [2.45, 2.75) is 0 Å². The van der Waals surface area contributed by atoms with Gasteiger partial charge in [-0.05, 0) is 41.5 Å². The number of halogens is 2. The summed E-state index contributed by atoms with van der Waals surface area (Å²) in [6, 6.07) is 15.6. The van der Waals surface area contributed by atoms with Crippen LogP contribution in [0.5, 0.6) is 0 Å². The number of carbonyl (C=O) groups excluding carboxylic acids is 1. The summed E-state index contributed by atoms with van der Waals surface area (Å²) < 4.78 is 0. The third kappa shape index (κ3) is 5.26. The van der Waals surface area contributed by atoms with Gasteiger partial charge in [-0.2, -0.15) is 10.4 Å². The molecule has 0 spiro atoms. The Morgan fingerprint density at radius 1 is 1.00 bits per heavy atom. The summed E-state index contributed by atoms with van der Waals surface area (Å²) in [5, 5.41) is 14.1. The number of nitriles is 1. The summed E-state index contributed by atoms with van der Waals surface area (Å²) in [5.41, 5.74) is 3.72. The minimum atomic E-state index is -0.590. The summed E-state index contributed by atoms with van der Waals surface area (Å²) in [6.07, 6.45) is 2.93. The van der Waals surface area contributed by atoms with E-state index in [1.807, 2.05) is 6.07 Å². The van der Waals surface area contributed by atoms with Gasteiger partial charge in [0.05, 0.1) is 6.21 Å². The first kappa shape index (κ1) is 16.8. The minimum Gasteiger partial charge on any atom is -0.267 e. The molecule has 0 aromatic heterocycles. The van der Waals surface area contributed by atoms with Crippen molar-refractivity contribution < 1.29 is 4.79 Å². The zero-order chi connectivity index (χ0) is 16.7. The van der Waals surface area contributed by atoms with Crippen LogP contribution >= 0.6 is 23.2 Å². The second-order valence-corrected chi connectivity index (χ2v) is 5.34. The van der Waals surface area contributed by atoms with Crippen LogP contribution in [0, 0.1) is 11.3 Å². The van der Waals surface area contributed by atoms with Crippen LogP contribution in [-0.2, 0) is 4.79 Å². The fraction of sp³-hybridized carbons (Fsp3) is 0. The van der Waals surface area contributed by atoms with E-state index in [1.165, 1.54) is 12.3 Å². The Morgan fingerprint density at radius 3 is 2.04 bits per heavy atom. The fourth-order valence-electron chi connectivity index (χ4n) is 1.65. The average molecular weight is 344 g/mol. The number of nitrogens with zero attached hydrogens (tertiary/aromatic N) is 2. The van der Waals surface area contributed by atoms with E-state index < -0.39 is 5.91 Å². The van der Waals surface area contributed by atoms with Gasteiger partial charge < -0.3 is 0 Å². The predicted octanol–water partition coefficient (Wildman–Crippen LogP) is 4.05. The Balaban J connectivity index is 2.04. The van der Waals surface area contributed by atoms with Crippen molar-refractivity contribution in [3.8, 4) is 6.07 Å². The van der Waals surface area contributed by atoms with E-state index in [2.05, 4.69) is 10.5 Å². The molecule has 114 valence electrons.